The van der Waals surface area contributed by atoms with Crippen LogP contribution in [0.1, 0.15) is 31.7 Å². The largest absolute Gasteiger partial charge is 0.314 e. The van der Waals surface area contributed by atoms with Gasteiger partial charge in [-0.1, -0.05) is 42.4 Å². The molecular formula is C14H17I2NO. The molecule has 0 spiro atoms. The number of rotatable bonds is 4. The van der Waals surface area contributed by atoms with E-state index in [1.165, 1.54) is 9.13 Å². The molecule has 1 aliphatic heterocycles. The second kappa shape index (κ2) is 5.64. The minimum Gasteiger partial charge on any atom is -0.314 e. The highest BCUT2D eigenvalue weighted by Gasteiger charge is 2.48. The molecule has 1 aromatic carbocycles. The first kappa shape index (κ1) is 14.6. The van der Waals surface area contributed by atoms with E-state index in [0.717, 1.165) is 29.4 Å². The van der Waals surface area contributed by atoms with Crippen molar-refractivity contribution in [3.63, 3.8) is 0 Å². The molecule has 0 aromatic heterocycles. The van der Waals surface area contributed by atoms with Crippen LogP contribution in [0.3, 0.4) is 0 Å². The molecule has 0 radical (unpaired) electrons. The minimum atomic E-state index is -0.290. The van der Waals surface area contributed by atoms with Crippen LogP contribution < -0.4 is 4.90 Å². The van der Waals surface area contributed by atoms with Crippen molar-refractivity contribution in [3.05, 3.63) is 27.3 Å². The van der Waals surface area contributed by atoms with E-state index in [9.17, 15) is 4.79 Å². The maximum Gasteiger partial charge on any atom is 0.238 e. The van der Waals surface area contributed by atoms with Crippen molar-refractivity contribution in [3.8, 4) is 0 Å². The molecule has 1 amide bonds. The Labute approximate surface area is 136 Å². The standard InChI is InChI=1S/C14H17I2NO/c1-3-4-7-14(9-15)11-8-10(16)5-6-12(11)17(2)13(14)18/h5-6,8H,3-4,7,9H2,1-2H3. The summed E-state index contributed by atoms with van der Waals surface area (Å²) >= 11 is 4.69. The molecule has 0 saturated heterocycles. The van der Waals surface area contributed by atoms with Crippen molar-refractivity contribution in [1.82, 2.24) is 0 Å². The fourth-order valence-electron chi connectivity index (χ4n) is 2.65. The molecule has 2 nitrogen and oxygen atoms in total. The quantitative estimate of drug-likeness (QED) is 0.480. The first-order chi connectivity index (χ1) is 8.56. The van der Waals surface area contributed by atoms with Crippen LogP contribution in [0.4, 0.5) is 5.69 Å². The van der Waals surface area contributed by atoms with Gasteiger partial charge in [-0.25, -0.2) is 0 Å². The Bertz CT molecular complexity index is 475. The second-order valence-corrected chi connectivity index (χ2v) is 6.85. The summed E-state index contributed by atoms with van der Waals surface area (Å²) in [7, 11) is 1.90. The van der Waals surface area contributed by atoms with Crippen LogP contribution in [-0.4, -0.2) is 17.4 Å². The Hall–Kier alpha value is 0.150. The summed E-state index contributed by atoms with van der Waals surface area (Å²) < 4.78 is 2.07. The third-order valence-corrected chi connectivity index (χ3v) is 5.71. The van der Waals surface area contributed by atoms with Gasteiger partial charge in [-0.15, -0.1) is 0 Å². The van der Waals surface area contributed by atoms with Gasteiger partial charge in [-0.2, -0.15) is 0 Å². The first-order valence-electron chi connectivity index (χ1n) is 6.21. The third-order valence-electron chi connectivity index (χ3n) is 3.73. The summed E-state index contributed by atoms with van der Waals surface area (Å²) in [5.74, 6) is 0.266. The number of halogens is 2. The molecule has 1 heterocycles. The maximum absolute atomic E-state index is 12.7. The van der Waals surface area contributed by atoms with Gasteiger partial charge in [0.1, 0.15) is 0 Å². The van der Waals surface area contributed by atoms with Crippen LogP contribution >= 0.6 is 45.2 Å². The number of nitrogens with zero attached hydrogens (tertiary/aromatic N) is 1. The summed E-state index contributed by atoms with van der Waals surface area (Å²) in [4.78, 5) is 14.5. The lowest BCUT2D eigenvalue weighted by Gasteiger charge is -2.26. The highest BCUT2D eigenvalue weighted by Crippen LogP contribution is 2.45. The zero-order valence-electron chi connectivity index (χ0n) is 10.7. The highest BCUT2D eigenvalue weighted by molar-refractivity contribution is 14.1. The van der Waals surface area contributed by atoms with Crippen LogP contribution in [0.15, 0.2) is 18.2 Å². The molecule has 1 aliphatic rings. The number of unbranched alkanes of at least 4 members (excludes halogenated alkanes) is 1. The lowest BCUT2D eigenvalue weighted by molar-refractivity contribution is -0.122. The van der Waals surface area contributed by atoms with Gasteiger partial charge < -0.3 is 4.90 Å². The van der Waals surface area contributed by atoms with Gasteiger partial charge in [0.15, 0.2) is 0 Å². The Kier molecular flexibility index (Phi) is 4.57. The van der Waals surface area contributed by atoms with Crippen molar-refractivity contribution in [2.24, 2.45) is 0 Å². The van der Waals surface area contributed by atoms with E-state index in [4.69, 9.17) is 0 Å². The van der Waals surface area contributed by atoms with E-state index >= 15 is 0 Å². The van der Waals surface area contributed by atoms with Gasteiger partial charge in [-0.3, -0.25) is 4.79 Å². The van der Waals surface area contributed by atoms with Gasteiger partial charge in [0.25, 0.3) is 0 Å². The first-order valence-corrected chi connectivity index (χ1v) is 8.81. The lowest BCUT2D eigenvalue weighted by atomic mass is 9.79. The normalized spacial score (nSPS) is 22.4. The second-order valence-electron chi connectivity index (χ2n) is 4.84. The van der Waals surface area contributed by atoms with Gasteiger partial charge in [0, 0.05) is 20.7 Å². The zero-order chi connectivity index (χ0) is 13.3. The van der Waals surface area contributed by atoms with Crippen molar-refractivity contribution in [2.75, 3.05) is 16.4 Å². The van der Waals surface area contributed by atoms with E-state index in [1.807, 2.05) is 11.9 Å². The summed E-state index contributed by atoms with van der Waals surface area (Å²) in [5.41, 5.74) is 2.03. The predicted octanol–water partition coefficient (Wildman–Crippen LogP) is 4.13. The number of hydrogen-bond donors (Lipinski definition) is 0. The third kappa shape index (κ3) is 2.19. The number of carbonyl (C=O) groups excluding carboxylic acids is 1. The maximum atomic E-state index is 12.7. The van der Waals surface area contributed by atoms with E-state index in [0.29, 0.717) is 0 Å². The SMILES string of the molecule is CCCCC1(CI)C(=O)N(C)c2ccc(I)cc21. The fourth-order valence-corrected chi connectivity index (χ4v) is 4.26. The van der Waals surface area contributed by atoms with E-state index in [1.54, 1.807) is 0 Å². The van der Waals surface area contributed by atoms with Crippen LogP contribution in [-0.2, 0) is 10.2 Å². The van der Waals surface area contributed by atoms with Crippen molar-refractivity contribution in [2.45, 2.75) is 31.6 Å². The highest BCUT2D eigenvalue weighted by atomic mass is 127. The predicted molar refractivity (Wildman–Crippen MR) is 92.7 cm³/mol. The zero-order valence-corrected chi connectivity index (χ0v) is 15.0. The summed E-state index contributed by atoms with van der Waals surface area (Å²) in [6.45, 7) is 2.18. The molecule has 0 fully saturated rings. The number of anilines is 1. The Balaban J connectivity index is 2.54. The Morgan fingerprint density at radius 2 is 2.11 bits per heavy atom. The number of fused-ring (bicyclic) bond motifs is 1. The monoisotopic (exact) mass is 469 g/mol. The number of likely N-dealkylation sites (N-methyl/N-ethyl adjacent to an activating group) is 1. The van der Waals surface area contributed by atoms with Crippen molar-refractivity contribution >= 4 is 56.8 Å². The van der Waals surface area contributed by atoms with Gasteiger partial charge >= 0.3 is 0 Å². The lowest BCUT2D eigenvalue weighted by Crippen LogP contribution is -2.40. The molecule has 2 rings (SSSR count). The van der Waals surface area contributed by atoms with E-state index in [2.05, 4.69) is 70.3 Å². The van der Waals surface area contributed by atoms with E-state index < -0.39 is 0 Å². The van der Waals surface area contributed by atoms with Crippen molar-refractivity contribution < 1.29 is 4.79 Å². The van der Waals surface area contributed by atoms with E-state index in [-0.39, 0.29) is 11.3 Å². The molecule has 98 valence electrons. The fraction of sp³-hybridized carbons (Fsp3) is 0.500. The molecule has 0 N–H and O–H groups in total. The number of carbonyl (C=O) groups is 1. The van der Waals surface area contributed by atoms with Gasteiger partial charge in [0.2, 0.25) is 5.91 Å². The molecule has 18 heavy (non-hydrogen) atoms. The Morgan fingerprint density at radius 1 is 1.39 bits per heavy atom. The van der Waals surface area contributed by atoms with Crippen LogP contribution in [0, 0.1) is 3.57 Å². The molecule has 0 aliphatic carbocycles. The molecule has 4 heteroatoms. The molecule has 1 aromatic rings. The molecule has 0 bridgehead atoms. The number of alkyl halides is 1. The average Bonchev–Trinajstić information content (AvgIpc) is 2.58. The molecule has 0 saturated carbocycles. The topological polar surface area (TPSA) is 20.3 Å². The summed E-state index contributed by atoms with van der Waals surface area (Å²) in [5, 5.41) is 0. The number of hydrogen-bond acceptors (Lipinski definition) is 1. The van der Waals surface area contributed by atoms with Gasteiger partial charge in [0.05, 0.1) is 5.41 Å². The van der Waals surface area contributed by atoms with Gasteiger partial charge in [-0.05, 0) is 52.8 Å². The van der Waals surface area contributed by atoms with Crippen molar-refractivity contribution in [1.29, 1.82) is 0 Å². The smallest absolute Gasteiger partial charge is 0.238 e. The number of amides is 1. The molecule has 1 atom stereocenters. The number of benzene rings is 1. The summed E-state index contributed by atoms with van der Waals surface area (Å²) in [6, 6.07) is 6.34. The molecule has 1 unspecified atom stereocenters. The minimum absolute atomic E-state index is 0.266. The Morgan fingerprint density at radius 3 is 2.72 bits per heavy atom. The molecular weight excluding hydrogens is 452 g/mol. The van der Waals surface area contributed by atoms with Crippen LogP contribution in [0.25, 0.3) is 0 Å². The van der Waals surface area contributed by atoms with Crippen LogP contribution in [0.2, 0.25) is 0 Å². The average molecular weight is 469 g/mol. The summed E-state index contributed by atoms with van der Waals surface area (Å²) in [6.07, 6.45) is 3.20. The van der Waals surface area contributed by atoms with Crippen LogP contribution in [0.5, 0.6) is 0 Å².